The van der Waals surface area contributed by atoms with Crippen molar-refractivity contribution in [3.05, 3.63) is 34.1 Å². The maximum Gasteiger partial charge on any atom is 0.228 e. The van der Waals surface area contributed by atoms with E-state index in [-0.39, 0.29) is 11.7 Å². The molecule has 1 aliphatic rings. The van der Waals surface area contributed by atoms with E-state index in [1.54, 1.807) is 13.2 Å². The van der Waals surface area contributed by atoms with E-state index < -0.39 is 5.41 Å². The van der Waals surface area contributed by atoms with Gasteiger partial charge in [-0.05, 0) is 49.7 Å². The number of nitrogens with one attached hydrogen (secondary N) is 2. The molecule has 1 saturated heterocycles. The summed E-state index contributed by atoms with van der Waals surface area (Å²) in [5.74, 6) is -0.335. The third-order valence-electron chi connectivity index (χ3n) is 3.91. The molecular weight excluding hydrogens is 339 g/mol. The summed E-state index contributed by atoms with van der Waals surface area (Å²) < 4.78 is 19.3. The molecule has 6 heteroatoms. The van der Waals surface area contributed by atoms with Gasteiger partial charge in [-0.2, -0.15) is 0 Å². The first-order chi connectivity index (χ1) is 10.1. The molecule has 0 aliphatic carbocycles. The fourth-order valence-electron chi connectivity index (χ4n) is 2.66. The summed E-state index contributed by atoms with van der Waals surface area (Å²) >= 11 is 3.37. The van der Waals surface area contributed by atoms with Gasteiger partial charge in [0.1, 0.15) is 5.82 Å². The highest BCUT2D eigenvalue weighted by Crippen LogP contribution is 2.29. The number of halogens is 2. The lowest BCUT2D eigenvalue weighted by Crippen LogP contribution is -2.50. The van der Waals surface area contributed by atoms with Gasteiger partial charge in [-0.1, -0.05) is 15.9 Å². The van der Waals surface area contributed by atoms with Crippen molar-refractivity contribution in [1.82, 2.24) is 10.6 Å². The van der Waals surface area contributed by atoms with Gasteiger partial charge in [0.15, 0.2) is 0 Å². The largest absolute Gasteiger partial charge is 0.384 e. The van der Waals surface area contributed by atoms with Crippen molar-refractivity contribution in [3.8, 4) is 0 Å². The summed E-state index contributed by atoms with van der Waals surface area (Å²) in [5.41, 5.74) is 0.240. The van der Waals surface area contributed by atoms with E-state index in [4.69, 9.17) is 4.74 Å². The molecule has 2 rings (SSSR count). The molecule has 0 saturated carbocycles. The highest BCUT2D eigenvalue weighted by molar-refractivity contribution is 9.10. The third-order valence-corrected chi connectivity index (χ3v) is 4.68. The van der Waals surface area contributed by atoms with Gasteiger partial charge in [-0.3, -0.25) is 4.79 Å². The average Bonchev–Trinajstić information content (AvgIpc) is 2.49. The summed E-state index contributed by atoms with van der Waals surface area (Å²) in [5, 5.41) is 6.17. The SMILES string of the molecule is COCC1(C(=O)NCc2cc(F)ccc2Br)CCNCC1. The van der Waals surface area contributed by atoms with Gasteiger partial charge in [0, 0.05) is 18.1 Å². The second kappa shape index (κ2) is 7.33. The zero-order chi connectivity index (χ0) is 15.3. The molecule has 0 aromatic heterocycles. The Hall–Kier alpha value is -0.980. The normalized spacial score (nSPS) is 17.5. The number of piperidine rings is 1. The quantitative estimate of drug-likeness (QED) is 0.848. The predicted octanol–water partition coefficient (Wildman–Crippen LogP) is 2.22. The van der Waals surface area contributed by atoms with E-state index in [2.05, 4.69) is 26.6 Å². The number of rotatable bonds is 5. The third kappa shape index (κ3) is 4.02. The first-order valence-corrected chi connectivity index (χ1v) is 7.78. The molecule has 1 fully saturated rings. The van der Waals surface area contributed by atoms with Gasteiger partial charge in [0.2, 0.25) is 5.91 Å². The number of methoxy groups -OCH3 is 1. The van der Waals surface area contributed by atoms with E-state index in [1.165, 1.54) is 12.1 Å². The van der Waals surface area contributed by atoms with Crippen LogP contribution in [0.5, 0.6) is 0 Å². The predicted molar refractivity (Wildman–Crippen MR) is 82.4 cm³/mol. The van der Waals surface area contributed by atoms with Gasteiger partial charge in [0.05, 0.1) is 12.0 Å². The second-order valence-electron chi connectivity index (χ2n) is 5.38. The maximum atomic E-state index is 13.3. The molecule has 1 amide bonds. The molecule has 1 heterocycles. The van der Waals surface area contributed by atoms with Crippen LogP contribution in [-0.4, -0.2) is 32.7 Å². The lowest BCUT2D eigenvalue weighted by molar-refractivity contribution is -0.136. The molecule has 0 unspecified atom stereocenters. The Morgan fingerprint density at radius 3 is 2.86 bits per heavy atom. The van der Waals surface area contributed by atoms with Crippen LogP contribution >= 0.6 is 15.9 Å². The van der Waals surface area contributed by atoms with Crippen LogP contribution in [-0.2, 0) is 16.1 Å². The van der Waals surface area contributed by atoms with Crippen molar-refractivity contribution < 1.29 is 13.9 Å². The van der Waals surface area contributed by atoms with Gasteiger partial charge in [-0.25, -0.2) is 4.39 Å². The minimum Gasteiger partial charge on any atom is -0.384 e. The van der Waals surface area contributed by atoms with Crippen LogP contribution in [0.15, 0.2) is 22.7 Å². The van der Waals surface area contributed by atoms with E-state index in [0.29, 0.717) is 13.2 Å². The van der Waals surface area contributed by atoms with Crippen molar-refractivity contribution >= 4 is 21.8 Å². The monoisotopic (exact) mass is 358 g/mol. The number of hydrogen-bond donors (Lipinski definition) is 2. The molecule has 1 aromatic rings. The Labute approximate surface area is 132 Å². The summed E-state index contributed by atoms with van der Waals surface area (Å²) in [6, 6.07) is 4.46. The maximum absolute atomic E-state index is 13.3. The number of carbonyl (C=O) groups excluding carboxylic acids is 1. The highest BCUT2D eigenvalue weighted by atomic mass is 79.9. The van der Waals surface area contributed by atoms with E-state index in [1.807, 2.05) is 0 Å². The standard InChI is InChI=1S/C15H20BrFN2O2/c1-21-10-15(4-6-18-7-5-15)14(20)19-9-11-8-12(17)2-3-13(11)16/h2-3,8,18H,4-7,9-10H2,1H3,(H,19,20). The Morgan fingerprint density at radius 1 is 1.48 bits per heavy atom. The van der Waals surface area contributed by atoms with E-state index in [9.17, 15) is 9.18 Å². The molecule has 21 heavy (non-hydrogen) atoms. The van der Waals surface area contributed by atoms with Crippen LogP contribution in [0.3, 0.4) is 0 Å². The van der Waals surface area contributed by atoms with Crippen molar-refractivity contribution in [3.63, 3.8) is 0 Å². The van der Waals surface area contributed by atoms with Gasteiger partial charge in [-0.15, -0.1) is 0 Å². The molecular formula is C15H20BrFN2O2. The minimum absolute atomic E-state index is 0.0259. The lowest BCUT2D eigenvalue weighted by atomic mass is 9.78. The fraction of sp³-hybridized carbons (Fsp3) is 0.533. The van der Waals surface area contributed by atoms with Crippen LogP contribution in [0.2, 0.25) is 0 Å². The molecule has 0 spiro atoms. The van der Waals surface area contributed by atoms with E-state index in [0.717, 1.165) is 36.0 Å². The number of hydrogen-bond acceptors (Lipinski definition) is 3. The molecule has 2 N–H and O–H groups in total. The lowest BCUT2D eigenvalue weighted by Gasteiger charge is -2.35. The van der Waals surface area contributed by atoms with Crippen molar-refractivity contribution in [2.45, 2.75) is 19.4 Å². The molecule has 1 aromatic carbocycles. The van der Waals surface area contributed by atoms with Crippen molar-refractivity contribution in [2.75, 3.05) is 26.8 Å². The second-order valence-corrected chi connectivity index (χ2v) is 6.24. The Morgan fingerprint density at radius 2 is 2.19 bits per heavy atom. The van der Waals surface area contributed by atoms with E-state index >= 15 is 0 Å². The average molecular weight is 359 g/mol. The number of benzene rings is 1. The summed E-state index contributed by atoms with van der Waals surface area (Å²) in [4.78, 5) is 12.6. The Kier molecular flexibility index (Phi) is 5.72. The number of ether oxygens (including phenoxy) is 1. The minimum atomic E-state index is -0.486. The number of carbonyl (C=O) groups is 1. The van der Waals surface area contributed by atoms with Gasteiger partial charge >= 0.3 is 0 Å². The Balaban J connectivity index is 2.03. The molecule has 1 aliphatic heterocycles. The zero-order valence-corrected chi connectivity index (χ0v) is 13.6. The Bertz CT molecular complexity index is 499. The first-order valence-electron chi connectivity index (χ1n) is 6.99. The van der Waals surface area contributed by atoms with Gasteiger partial charge in [0.25, 0.3) is 0 Å². The van der Waals surface area contributed by atoms with Crippen LogP contribution < -0.4 is 10.6 Å². The van der Waals surface area contributed by atoms with Crippen LogP contribution in [0.4, 0.5) is 4.39 Å². The smallest absolute Gasteiger partial charge is 0.228 e. The van der Waals surface area contributed by atoms with Crippen LogP contribution in [0.25, 0.3) is 0 Å². The summed E-state index contributed by atoms with van der Waals surface area (Å²) in [6.07, 6.45) is 1.49. The fourth-order valence-corrected chi connectivity index (χ4v) is 3.05. The zero-order valence-electron chi connectivity index (χ0n) is 12.0. The molecule has 116 valence electrons. The summed E-state index contributed by atoms with van der Waals surface area (Å²) in [6.45, 7) is 2.32. The molecule has 0 atom stereocenters. The summed E-state index contributed by atoms with van der Waals surface area (Å²) in [7, 11) is 1.61. The topological polar surface area (TPSA) is 50.4 Å². The molecule has 4 nitrogen and oxygen atoms in total. The first kappa shape index (κ1) is 16.4. The molecule has 0 bridgehead atoms. The van der Waals surface area contributed by atoms with Gasteiger partial charge < -0.3 is 15.4 Å². The molecule has 0 radical (unpaired) electrons. The van der Waals surface area contributed by atoms with Crippen molar-refractivity contribution in [1.29, 1.82) is 0 Å². The van der Waals surface area contributed by atoms with Crippen molar-refractivity contribution in [2.24, 2.45) is 5.41 Å². The highest BCUT2D eigenvalue weighted by Gasteiger charge is 2.39. The van der Waals surface area contributed by atoms with Crippen LogP contribution in [0.1, 0.15) is 18.4 Å². The number of amides is 1. The van der Waals surface area contributed by atoms with Crippen LogP contribution in [0, 0.1) is 11.2 Å².